The zero-order chi connectivity index (χ0) is 26.5. The van der Waals surface area contributed by atoms with Crippen LogP contribution in [-0.4, -0.2) is 35.0 Å². The van der Waals surface area contributed by atoms with Gasteiger partial charge in [-0.15, -0.1) is 0 Å². The number of carbonyl (C=O) groups is 3. The van der Waals surface area contributed by atoms with Crippen molar-refractivity contribution in [1.29, 1.82) is 0 Å². The van der Waals surface area contributed by atoms with Crippen LogP contribution in [0.1, 0.15) is 27.7 Å². The molecular formula is C23H19ClF3N4O5+. The van der Waals surface area contributed by atoms with Gasteiger partial charge >= 0.3 is 18.2 Å². The van der Waals surface area contributed by atoms with Gasteiger partial charge in [-0.1, -0.05) is 23.7 Å². The minimum atomic E-state index is -4.73. The molecule has 0 spiro atoms. The highest BCUT2D eigenvalue weighted by molar-refractivity contribution is 6.31. The summed E-state index contributed by atoms with van der Waals surface area (Å²) in [7, 11) is 1.46. The number of carbonyl (C=O) groups excluding carboxylic acids is 3. The van der Waals surface area contributed by atoms with E-state index in [-0.39, 0.29) is 16.9 Å². The average molecular weight is 524 g/mol. The lowest BCUT2D eigenvalue weighted by Crippen LogP contribution is -2.36. The zero-order valence-corrected chi connectivity index (χ0v) is 19.2. The number of amides is 3. The van der Waals surface area contributed by atoms with Crippen molar-refractivity contribution >= 4 is 35.2 Å². The third-order valence-corrected chi connectivity index (χ3v) is 5.04. The summed E-state index contributed by atoms with van der Waals surface area (Å²) in [6.45, 7) is 0. The number of nitrogens with one attached hydrogen (secondary N) is 3. The fraction of sp³-hybridized carbons (Fsp3) is 0.130. The molecule has 3 amide bonds. The van der Waals surface area contributed by atoms with E-state index in [0.717, 1.165) is 12.1 Å². The Kier molecular flexibility index (Phi) is 8.00. The molecule has 0 aliphatic rings. The van der Waals surface area contributed by atoms with Crippen LogP contribution in [0.2, 0.25) is 5.02 Å². The van der Waals surface area contributed by atoms with Crippen LogP contribution in [0.5, 0.6) is 11.5 Å². The highest BCUT2D eigenvalue weighted by Crippen LogP contribution is 2.36. The summed E-state index contributed by atoms with van der Waals surface area (Å²) in [6, 6.07) is 9.14. The number of benzene rings is 2. The van der Waals surface area contributed by atoms with Gasteiger partial charge in [-0.2, -0.15) is 13.2 Å². The van der Waals surface area contributed by atoms with Crippen molar-refractivity contribution in [2.45, 2.75) is 12.2 Å². The fourth-order valence-electron chi connectivity index (χ4n) is 3.01. The molecule has 0 fully saturated rings. The first-order valence-electron chi connectivity index (χ1n) is 10.1. The molecule has 1 heterocycles. The number of urea groups is 1. The van der Waals surface area contributed by atoms with Gasteiger partial charge in [-0.3, -0.25) is 9.78 Å². The molecule has 3 aromatic rings. The Hall–Kier alpha value is -4.32. The van der Waals surface area contributed by atoms with E-state index >= 15 is 0 Å². The lowest BCUT2D eigenvalue weighted by molar-refractivity contribution is -0.139. The summed E-state index contributed by atoms with van der Waals surface area (Å²) in [6.07, 6.45) is -3.33. The number of nitrogens with zero attached hydrogens (tertiary/aromatic N) is 1. The van der Waals surface area contributed by atoms with Crippen molar-refractivity contribution in [2.24, 2.45) is 0 Å². The monoisotopic (exact) mass is 523 g/mol. The van der Waals surface area contributed by atoms with Crippen LogP contribution in [0, 0.1) is 0 Å². The Bertz CT molecular complexity index is 1290. The summed E-state index contributed by atoms with van der Waals surface area (Å²) in [5, 5.41) is 13.8. The average Bonchev–Trinajstić information content (AvgIpc) is 2.83. The van der Waals surface area contributed by atoms with E-state index in [2.05, 4.69) is 20.9 Å². The molecule has 2 aromatic carbocycles. The van der Waals surface area contributed by atoms with E-state index in [1.165, 1.54) is 49.6 Å². The van der Waals surface area contributed by atoms with E-state index in [1.807, 2.05) is 0 Å². The lowest BCUT2D eigenvalue weighted by Gasteiger charge is -2.15. The van der Waals surface area contributed by atoms with Crippen LogP contribution < -0.4 is 20.7 Å². The van der Waals surface area contributed by atoms with Crippen LogP contribution in [0.3, 0.4) is 0 Å². The van der Waals surface area contributed by atoms with Gasteiger partial charge in [0, 0.05) is 29.8 Å². The molecule has 0 saturated carbocycles. The normalized spacial score (nSPS) is 11.8. The summed E-state index contributed by atoms with van der Waals surface area (Å²) < 4.78 is 44.8. The van der Waals surface area contributed by atoms with Gasteiger partial charge in [0.2, 0.25) is 6.04 Å². The molecule has 1 aromatic heterocycles. The predicted octanol–water partition coefficient (Wildman–Crippen LogP) is 4.02. The highest BCUT2D eigenvalue weighted by atomic mass is 35.5. The van der Waals surface area contributed by atoms with E-state index < -0.39 is 40.7 Å². The number of halogens is 4. The van der Waals surface area contributed by atoms with Crippen LogP contribution in [0.15, 0.2) is 60.8 Å². The van der Waals surface area contributed by atoms with E-state index in [9.17, 15) is 27.6 Å². The minimum absolute atomic E-state index is 0.143. The van der Waals surface area contributed by atoms with Crippen LogP contribution >= 0.6 is 11.6 Å². The molecule has 13 heteroatoms. The molecule has 188 valence electrons. The van der Waals surface area contributed by atoms with Crippen molar-refractivity contribution in [1.82, 2.24) is 15.6 Å². The first-order chi connectivity index (χ1) is 17.0. The van der Waals surface area contributed by atoms with Gasteiger partial charge in [-0.05, 0) is 42.0 Å². The largest absolute Gasteiger partial charge is 0.563 e. The van der Waals surface area contributed by atoms with Crippen molar-refractivity contribution in [3.8, 4) is 11.5 Å². The maximum Gasteiger partial charge on any atom is 0.543 e. The molecule has 5 N–H and O–H groups in total. The Morgan fingerprint density at radius 2 is 1.72 bits per heavy atom. The second-order valence-corrected chi connectivity index (χ2v) is 7.62. The van der Waals surface area contributed by atoms with Gasteiger partial charge in [-0.25, -0.2) is 4.79 Å². The molecular weight excluding hydrogens is 505 g/mol. The van der Waals surface area contributed by atoms with Gasteiger partial charge in [0.15, 0.2) is 0 Å². The number of pyridine rings is 1. The maximum absolute atomic E-state index is 13.0. The molecule has 1 unspecified atom stereocenters. The van der Waals surface area contributed by atoms with Crippen molar-refractivity contribution in [3.05, 3.63) is 82.6 Å². The second-order valence-electron chi connectivity index (χ2n) is 7.22. The molecule has 9 nitrogen and oxygen atoms in total. The van der Waals surface area contributed by atoms with E-state index in [0.29, 0.717) is 17.6 Å². The second kappa shape index (κ2) is 11.0. The topological polar surface area (TPSA) is 132 Å². The van der Waals surface area contributed by atoms with Crippen LogP contribution in [0.25, 0.3) is 0 Å². The zero-order valence-electron chi connectivity index (χ0n) is 18.4. The van der Waals surface area contributed by atoms with Crippen LogP contribution in [-0.2, 0) is 11.0 Å². The van der Waals surface area contributed by atoms with Crippen molar-refractivity contribution in [2.75, 3.05) is 12.4 Å². The van der Waals surface area contributed by atoms with Crippen LogP contribution in [0.4, 0.5) is 23.7 Å². The highest BCUT2D eigenvalue weighted by Gasteiger charge is 2.34. The lowest BCUT2D eigenvalue weighted by atomic mass is 10.1. The summed E-state index contributed by atoms with van der Waals surface area (Å²) in [5.74, 6) is -0.905. The third-order valence-electron chi connectivity index (χ3n) is 4.71. The predicted molar refractivity (Wildman–Crippen MR) is 124 cm³/mol. The number of alkyl halides is 3. The van der Waals surface area contributed by atoms with E-state index in [4.69, 9.17) is 21.4 Å². The number of anilines is 1. The van der Waals surface area contributed by atoms with Gasteiger partial charge in [0.25, 0.3) is 5.91 Å². The van der Waals surface area contributed by atoms with Gasteiger partial charge in [0.05, 0.1) is 10.6 Å². The molecule has 0 aliphatic heterocycles. The fourth-order valence-corrected chi connectivity index (χ4v) is 3.23. The van der Waals surface area contributed by atoms with Gasteiger partial charge in [0.1, 0.15) is 17.2 Å². The molecule has 0 aliphatic carbocycles. The Balaban J connectivity index is 1.70. The molecule has 0 saturated heterocycles. The smallest absolute Gasteiger partial charge is 0.543 e. The number of hydrogen-bond acceptors (Lipinski definition) is 5. The SMILES string of the molecule is CNC(=O)c1cc(Oc2ccc(C(NC(=O)Nc3ccc(Cl)c(C(F)(F)F)c3)C(=O)[OH2+])cc2)ccn1. The summed E-state index contributed by atoms with van der Waals surface area (Å²) >= 11 is 5.57. The number of ether oxygens (including phenoxy) is 1. The number of aromatic nitrogens is 1. The molecule has 0 radical (unpaired) electrons. The molecule has 0 bridgehead atoms. The van der Waals surface area contributed by atoms with Crippen molar-refractivity contribution in [3.63, 3.8) is 0 Å². The quantitative estimate of drug-likeness (QED) is 0.402. The van der Waals surface area contributed by atoms with Crippen molar-refractivity contribution < 1.29 is 37.4 Å². The molecule has 36 heavy (non-hydrogen) atoms. The third kappa shape index (κ3) is 6.63. The van der Waals surface area contributed by atoms with Gasteiger partial charge < -0.3 is 25.8 Å². The minimum Gasteiger partial charge on any atom is -0.563 e. The number of hydrogen-bond donors (Lipinski definition) is 3. The Morgan fingerprint density at radius 1 is 1.03 bits per heavy atom. The molecule has 1 atom stereocenters. The summed E-state index contributed by atoms with van der Waals surface area (Å²) in [5.41, 5.74) is -0.977. The maximum atomic E-state index is 13.0. The molecule has 3 rings (SSSR count). The Morgan fingerprint density at radius 3 is 2.33 bits per heavy atom. The first kappa shape index (κ1) is 26.3. The standard InChI is InChI=1S/C23H18ClF3N4O5/c1-28-20(32)18-11-15(8-9-29-18)36-14-5-2-12(3-6-14)19(21(33)34)31-22(35)30-13-4-7-17(24)16(10-13)23(25,26)27/h2-11,19H,1H3,(H,28,32)(H,33,34)(H2,30,31,35)/p+1. The first-order valence-corrected chi connectivity index (χ1v) is 10.5. The van der Waals surface area contributed by atoms with E-state index in [1.54, 1.807) is 0 Å². The summed E-state index contributed by atoms with van der Waals surface area (Å²) in [4.78, 5) is 39.8. The number of rotatable bonds is 7. The Labute approximate surface area is 207 Å².